The number of alkyl halides is 1. The van der Waals surface area contributed by atoms with Crippen LogP contribution in [0.15, 0.2) is 0 Å². The summed E-state index contributed by atoms with van der Waals surface area (Å²) in [7, 11) is 0. The van der Waals surface area contributed by atoms with Crippen LogP contribution in [0, 0.1) is 0 Å². The Morgan fingerprint density at radius 3 is 1.28 bits per heavy atom. The molecule has 0 aromatic carbocycles. The molecule has 0 saturated heterocycles. The van der Waals surface area contributed by atoms with Crippen molar-refractivity contribution < 1.29 is 4.39 Å². The molecule has 0 spiro atoms. The van der Waals surface area contributed by atoms with Crippen LogP contribution >= 0.6 is 0 Å². The number of hydrogen-bond donors (Lipinski definition) is 0. The van der Waals surface area contributed by atoms with Gasteiger partial charge in [0.05, 0.1) is 0 Å². The molecule has 0 aliphatic rings. The predicted molar refractivity (Wildman–Crippen MR) is 80.9 cm³/mol. The summed E-state index contributed by atoms with van der Waals surface area (Å²) < 4.78 is 14.9. The summed E-state index contributed by atoms with van der Waals surface area (Å²) in [6.07, 6.45) is 14.1. The summed E-state index contributed by atoms with van der Waals surface area (Å²) in [5.41, 5.74) is -0.849. The Morgan fingerprint density at radius 2 is 0.889 bits per heavy atom. The molecule has 0 atom stereocenters. The molecule has 18 heavy (non-hydrogen) atoms. The first kappa shape index (κ1) is 17.9. The highest BCUT2D eigenvalue weighted by Gasteiger charge is 2.27. The molecule has 0 fully saturated rings. The van der Waals surface area contributed by atoms with E-state index >= 15 is 0 Å². The van der Waals surface area contributed by atoms with Crippen molar-refractivity contribution in [3.05, 3.63) is 0 Å². The molecule has 0 N–H and O–H groups in total. The van der Waals surface area contributed by atoms with Crippen LogP contribution in [0.3, 0.4) is 0 Å². The van der Waals surface area contributed by atoms with E-state index in [1.54, 1.807) is 0 Å². The maximum atomic E-state index is 14.9. The summed E-state index contributed by atoms with van der Waals surface area (Å²) in [4.78, 5) is 0. The van der Waals surface area contributed by atoms with Crippen molar-refractivity contribution in [2.45, 2.75) is 110 Å². The molecule has 0 heterocycles. The Labute approximate surface area is 115 Å². The lowest BCUT2D eigenvalue weighted by atomic mass is 9.87. The molecule has 0 aliphatic heterocycles. The normalized spacial score (nSPS) is 12.0. The Kier molecular flexibility index (Phi) is 11.9. The molecule has 0 aliphatic carbocycles. The van der Waals surface area contributed by atoms with Crippen molar-refractivity contribution in [2.24, 2.45) is 0 Å². The van der Waals surface area contributed by atoms with Crippen molar-refractivity contribution in [1.29, 1.82) is 0 Å². The Morgan fingerprint density at radius 1 is 0.556 bits per heavy atom. The average Bonchev–Trinajstić information content (AvgIpc) is 2.36. The fourth-order valence-corrected chi connectivity index (χ4v) is 2.63. The largest absolute Gasteiger partial charge is 0.244 e. The maximum absolute atomic E-state index is 14.9. The van der Waals surface area contributed by atoms with Gasteiger partial charge in [-0.3, -0.25) is 0 Å². The number of unbranched alkanes of at least 4 members (excludes halogenated alkanes) is 7. The second-order valence-electron chi connectivity index (χ2n) is 5.88. The van der Waals surface area contributed by atoms with E-state index in [4.69, 9.17) is 0 Å². The second kappa shape index (κ2) is 12.0. The lowest BCUT2D eigenvalue weighted by Crippen LogP contribution is -2.23. The van der Waals surface area contributed by atoms with Gasteiger partial charge < -0.3 is 0 Å². The van der Waals surface area contributed by atoms with Gasteiger partial charge in [0.25, 0.3) is 0 Å². The topological polar surface area (TPSA) is 0 Å². The van der Waals surface area contributed by atoms with Gasteiger partial charge in [0.2, 0.25) is 0 Å². The lowest BCUT2D eigenvalue weighted by molar-refractivity contribution is 0.112. The van der Waals surface area contributed by atoms with Gasteiger partial charge in [-0.1, -0.05) is 85.0 Å². The minimum atomic E-state index is -0.849. The summed E-state index contributed by atoms with van der Waals surface area (Å²) >= 11 is 0. The van der Waals surface area contributed by atoms with Crippen LogP contribution in [0.1, 0.15) is 104 Å². The molecule has 0 nitrogen and oxygen atoms in total. The predicted octanol–water partition coefficient (Wildman–Crippen LogP) is 6.83. The van der Waals surface area contributed by atoms with Crippen molar-refractivity contribution in [1.82, 2.24) is 0 Å². The number of halogens is 1. The van der Waals surface area contributed by atoms with Gasteiger partial charge >= 0.3 is 0 Å². The zero-order chi connectivity index (χ0) is 13.7. The fourth-order valence-electron chi connectivity index (χ4n) is 2.63. The van der Waals surface area contributed by atoms with E-state index in [2.05, 4.69) is 20.8 Å². The Bertz CT molecular complexity index is 155. The molecule has 0 aromatic heterocycles. The van der Waals surface area contributed by atoms with Crippen LogP contribution < -0.4 is 0 Å². The highest BCUT2D eigenvalue weighted by molar-refractivity contribution is 4.79. The van der Waals surface area contributed by atoms with Crippen LogP contribution in [0.2, 0.25) is 0 Å². The summed E-state index contributed by atoms with van der Waals surface area (Å²) in [6, 6.07) is 0. The average molecular weight is 258 g/mol. The van der Waals surface area contributed by atoms with E-state index in [0.29, 0.717) is 0 Å². The minimum Gasteiger partial charge on any atom is -0.244 e. The third-order valence-corrected chi connectivity index (χ3v) is 3.94. The van der Waals surface area contributed by atoms with Crippen LogP contribution in [0.4, 0.5) is 4.39 Å². The van der Waals surface area contributed by atoms with Gasteiger partial charge in [0.1, 0.15) is 5.67 Å². The Hall–Kier alpha value is -0.0700. The molecule has 0 rings (SSSR count). The molecule has 0 radical (unpaired) electrons. The molecular weight excluding hydrogens is 223 g/mol. The lowest BCUT2D eigenvalue weighted by Gasteiger charge is -2.25. The standard InChI is InChI=1S/C17H35F/c1-4-7-10-13-16-17(18,14-11-8-5-2)15-12-9-6-3/h4-16H2,1-3H3. The number of rotatable bonds is 13. The van der Waals surface area contributed by atoms with Gasteiger partial charge in [0, 0.05) is 0 Å². The maximum Gasteiger partial charge on any atom is 0.111 e. The highest BCUT2D eigenvalue weighted by Crippen LogP contribution is 2.32. The molecule has 0 amide bonds. The van der Waals surface area contributed by atoms with Crippen LogP contribution in [0.5, 0.6) is 0 Å². The van der Waals surface area contributed by atoms with Gasteiger partial charge in [-0.05, 0) is 19.3 Å². The van der Waals surface area contributed by atoms with Crippen molar-refractivity contribution in [2.75, 3.05) is 0 Å². The molecule has 110 valence electrons. The van der Waals surface area contributed by atoms with Gasteiger partial charge in [-0.25, -0.2) is 4.39 Å². The highest BCUT2D eigenvalue weighted by atomic mass is 19.1. The minimum absolute atomic E-state index is 0.802. The summed E-state index contributed by atoms with van der Waals surface area (Å²) in [5, 5.41) is 0. The first-order chi connectivity index (χ1) is 8.68. The molecule has 0 saturated carbocycles. The molecule has 1 heteroatoms. The van der Waals surface area contributed by atoms with Gasteiger partial charge in [0.15, 0.2) is 0 Å². The van der Waals surface area contributed by atoms with E-state index < -0.39 is 5.67 Å². The zero-order valence-electron chi connectivity index (χ0n) is 13.1. The van der Waals surface area contributed by atoms with Gasteiger partial charge in [-0.15, -0.1) is 0 Å². The van der Waals surface area contributed by atoms with E-state index in [9.17, 15) is 4.39 Å². The van der Waals surface area contributed by atoms with Crippen LogP contribution in [-0.4, -0.2) is 5.67 Å². The first-order valence-corrected chi connectivity index (χ1v) is 8.37. The van der Waals surface area contributed by atoms with Crippen molar-refractivity contribution in [3.8, 4) is 0 Å². The van der Waals surface area contributed by atoms with E-state index in [0.717, 1.165) is 38.5 Å². The second-order valence-corrected chi connectivity index (χ2v) is 5.88. The SMILES string of the molecule is CCCCCCC(F)(CCCCC)CCCCC. The summed E-state index contributed by atoms with van der Waals surface area (Å²) in [6.45, 7) is 6.60. The smallest absolute Gasteiger partial charge is 0.111 e. The first-order valence-electron chi connectivity index (χ1n) is 8.37. The third kappa shape index (κ3) is 9.91. The van der Waals surface area contributed by atoms with Gasteiger partial charge in [-0.2, -0.15) is 0 Å². The molecular formula is C17H35F. The quantitative estimate of drug-likeness (QED) is 0.318. The molecule has 0 aromatic rings. The van der Waals surface area contributed by atoms with E-state index in [1.807, 2.05) is 0 Å². The molecule has 0 bridgehead atoms. The van der Waals surface area contributed by atoms with Crippen LogP contribution in [0.25, 0.3) is 0 Å². The van der Waals surface area contributed by atoms with Crippen molar-refractivity contribution in [3.63, 3.8) is 0 Å². The van der Waals surface area contributed by atoms with Crippen molar-refractivity contribution >= 4 is 0 Å². The molecule has 0 unspecified atom stereocenters. The Balaban J connectivity index is 3.95. The fraction of sp³-hybridized carbons (Fsp3) is 1.00. The zero-order valence-corrected chi connectivity index (χ0v) is 13.1. The summed E-state index contributed by atoms with van der Waals surface area (Å²) in [5.74, 6) is 0. The third-order valence-electron chi connectivity index (χ3n) is 3.94. The van der Waals surface area contributed by atoms with E-state index in [-0.39, 0.29) is 0 Å². The number of hydrogen-bond acceptors (Lipinski definition) is 0. The van der Waals surface area contributed by atoms with E-state index in [1.165, 1.54) is 44.9 Å². The van der Waals surface area contributed by atoms with Crippen LogP contribution in [-0.2, 0) is 0 Å². The monoisotopic (exact) mass is 258 g/mol.